The first kappa shape index (κ1) is 42.0. The number of esters is 5. The minimum absolute atomic E-state index is 0.0873. The Kier molecular flexibility index (Phi) is 15.8. The van der Waals surface area contributed by atoms with E-state index in [1.54, 1.807) is 13.0 Å². The van der Waals surface area contributed by atoms with Gasteiger partial charge in [-0.25, -0.2) is 0 Å². The average Bonchev–Trinajstić information content (AvgIpc) is 3.14. The summed E-state index contributed by atoms with van der Waals surface area (Å²) in [5.41, 5.74) is 2.22. The van der Waals surface area contributed by atoms with E-state index in [9.17, 15) is 24.0 Å². The van der Waals surface area contributed by atoms with Crippen LogP contribution in [0.4, 0.5) is 0 Å². The highest BCUT2D eigenvalue weighted by Crippen LogP contribution is 2.30. The fourth-order valence-corrected chi connectivity index (χ4v) is 5.42. The number of aryl methyl sites for hydroxylation is 1. The zero-order valence-corrected chi connectivity index (χ0v) is 31.5. The molecule has 2 aromatic rings. The van der Waals surface area contributed by atoms with Crippen molar-refractivity contribution < 1.29 is 66.7 Å². The summed E-state index contributed by atoms with van der Waals surface area (Å²) in [6, 6.07) is 17.0. The third-order valence-corrected chi connectivity index (χ3v) is 7.95. The summed E-state index contributed by atoms with van der Waals surface area (Å²) in [5, 5.41) is 4.04. The topological polar surface area (TPSA) is 181 Å². The average molecular weight is 764 g/mol. The number of oxime groups is 1. The van der Waals surface area contributed by atoms with Crippen LogP contribution in [-0.4, -0.2) is 97.8 Å². The predicted octanol–water partition coefficient (Wildman–Crippen LogP) is 3.92. The van der Waals surface area contributed by atoms with Crippen LogP contribution in [-0.2, 0) is 62.0 Å². The molecule has 0 aliphatic carbocycles. The molecule has 0 saturated carbocycles. The van der Waals surface area contributed by atoms with Crippen LogP contribution < -0.4 is 4.74 Å². The molecule has 2 heterocycles. The molecule has 2 aromatic carbocycles. The quantitative estimate of drug-likeness (QED) is 0.0675. The molecule has 4 rings (SSSR count). The van der Waals surface area contributed by atoms with E-state index in [1.807, 2.05) is 67.6 Å². The fourth-order valence-electron chi connectivity index (χ4n) is 5.42. The van der Waals surface area contributed by atoms with Gasteiger partial charge in [0.1, 0.15) is 43.4 Å². The van der Waals surface area contributed by atoms with Crippen LogP contribution in [0, 0.1) is 18.8 Å². The van der Waals surface area contributed by atoms with E-state index in [2.05, 4.69) is 17.0 Å². The molecule has 15 heteroatoms. The Bertz CT molecular complexity index is 1760. The number of nitrogens with zero attached hydrogens (tertiary/aromatic N) is 1. The number of hydrogen-bond donors (Lipinski definition) is 0. The zero-order chi connectivity index (χ0) is 39.9. The van der Waals surface area contributed by atoms with Crippen molar-refractivity contribution in [2.75, 3.05) is 13.2 Å². The lowest BCUT2D eigenvalue weighted by Gasteiger charge is -2.43. The molecule has 2 aliphatic heterocycles. The Morgan fingerprint density at radius 2 is 1.33 bits per heavy atom. The van der Waals surface area contributed by atoms with Crippen LogP contribution in [0.25, 0.3) is 0 Å². The number of hydrogen-bond acceptors (Lipinski definition) is 15. The lowest BCUT2D eigenvalue weighted by Crippen LogP contribution is -2.62. The molecule has 0 spiro atoms. The third-order valence-electron chi connectivity index (χ3n) is 7.95. The van der Waals surface area contributed by atoms with Gasteiger partial charge in [0.15, 0.2) is 12.2 Å². The second-order valence-corrected chi connectivity index (χ2v) is 12.7. The largest absolute Gasteiger partial charge is 0.483 e. The van der Waals surface area contributed by atoms with Gasteiger partial charge in [-0.3, -0.25) is 24.0 Å². The molecule has 0 N–H and O–H groups in total. The molecular formula is C40H45NO14. The Balaban J connectivity index is 1.41. The molecule has 294 valence electrons. The zero-order valence-electron chi connectivity index (χ0n) is 31.5. The molecule has 15 nitrogen and oxygen atoms in total. The number of carbonyl (C=O) groups is 5. The van der Waals surface area contributed by atoms with Crippen molar-refractivity contribution in [1.29, 1.82) is 0 Å². The van der Waals surface area contributed by atoms with E-state index < -0.39 is 85.5 Å². The van der Waals surface area contributed by atoms with Crippen molar-refractivity contribution in [2.24, 2.45) is 5.16 Å². The Morgan fingerprint density at radius 1 is 0.691 bits per heavy atom. The Morgan fingerprint density at radius 3 is 1.98 bits per heavy atom. The van der Waals surface area contributed by atoms with E-state index in [0.29, 0.717) is 11.5 Å². The van der Waals surface area contributed by atoms with Crippen molar-refractivity contribution in [2.45, 2.75) is 103 Å². The van der Waals surface area contributed by atoms with Gasteiger partial charge in [0.05, 0.1) is 12.1 Å². The van der Waals surface area contributed by atoms with Gasteiger partial charge in [0, 0.05) is 33.3 Å². The second kappa shape index (κ2) is 20.7. The van der Waals surface area contributed by atoms with Crippen LogP contribution in [0.2, 0.25) is 0 Å². The van der Waals surface area contributed by atoms with Crippen LogP contribution in [0.5, 0.6) is 5.75 Å². The second-order valence-electron chi connectivity index (χ2n) is 12.7. The van der Waals surface area contributed by atoms with Crippen molar-refractivity contribution in [3.05, 3.63) is 77.9 Å². The lowest BCUT2D eigenvalue weighted by atomic mass is 9.98. The highest BCUT2D eigenvalue weighted by Gasteiger charge is 2.53. The van der Waals surface area contributed by atoms with Gasteiger partial charge in [-0.1, -0.05) is 52.9 Å². The van der Waals surface area contributed by atoms with E-state index >= 15 is 0 Å². The summed E-state index contributed by atoms with van der Waals surface area (Å²) in [5.74, 6) is 3.24. The van der Waals surface area contributed by atoms with Gasteiger partial charge in [-0.05, 0) is 56.7 Å². The van der Waals surface area contributed by atoms with Crippen LogP contribution >= 0.6 is 0 Å². The Labute approximate surface area is 319 Å². The molecule has 0 radical (unpaired) electrons. The van der Waals surface area contributed by atoms with Crippen molar-refractivity contribution in [3.63, 3.8) is 0 Å². The maximum absolute atomic E-state index is 12.9. The van der Waals surface area contributed by atoms with Gasteiger partial charge < -0.3 is 42.7 Å². The van der Waals surface area contributed by atoms with Crippen molar-refractivity contribution >= 4 is 35.6 Å². The first-order valence-electron chi connectivity index (χ1n) is 17.6. The van der Waals surface area contributed by atoms with Crippen LogP contribution in [0.15, 0.2) is 71.9 Å². The normalized spacial score (nSPS) is 24.6. The molecule has 1 fully saturated rings. The highest BCUT2D eigenvalue weighted by molar-refractivity contribution is 5.85. The van der Waals surface area contributed by atoms with E-state index in [1.165, 1.54) is 0 Å². The molecular weight excluding hydrogens is 718 g/mol. The van der Waals surface area contributed by atoms with Gasteiger partial charge in [0.25, 0.3) is 6.29 Å². The van der Waals surface area contributed by atoms with Gasteiger partial charge in [-0.2, -0.15) is 0 Å². The van der Waals surface area contributed by atoms with Crippen LogP contribution in [0.3, 0.4) is 0 Å². The summed E-state index contributed by atoms with van der Waals surface area (Å²) in [4.78, 5) is 66.2. The molecule has 2 aliphatic rings. The number of carbonyl (C=O) groups excluding carboxylic acids is 5. The highest BCUT2D eigenvalue weighted by atomic mass is 16.8. The van der Waals surface area contributed by atoms with Crippen molar-refractivity contribution in [1.82, 2.24) is 0 Å². The van der Waals surface area contributed by atoms with Gasteiger partial charge in [-0.15, -0.1) is 0 Å². The molecule has 8 unspecified atom stereocenters. The molecule has 8 atom stereocenters. The summed E-state index contributed by atoms with van der Waals surface area (Å²) >= 11 is 0. The summed E-state index contributed by atoms with van der Waals surface area (Å²) in [6.07, 6.45) is -5.12. The van der Waals surface area contributed by atoms with E-state index in [4.69, 9.17) is 42.7 Å². The first-order valence-corrected chi connectivity index (χ1v) is 17.6. The summed E-state index contributed by atoms with van der Waals surface area (Å²) in [7, 11) is 0. The minimum Gasteiger partial charge on any atom is -0.483 e. The number of rotatable bonds is 14. The van der Waals surface area contributed by atoms with E-state index in [0.717, 1.165) is 38.8 Å². The maximum atomic E-state index is 12.9. The standard InChI is InChI=1S/C40H45NO14/c1-24-12-16-31(17-13-24)52-33-20-19-32(18-15-30-10-8-7-9-11-30)53-34(33)22-48-36(46)21-14-25(2)41-55-40-39(51-29(6)45)38(50-28(5)44)37(49-27(4)43)35(54-40)23-47-26(3)42/h7-13,16-17,19-20,32-35,37-40H,14,21-23H2,1-6H3. The Hall–Kier alpha value is -5.72. The molecule has 0 aromatic heterocycles. The molecule has 1 saturated heterocycles. The fraction of sp³-hybridized carbons (Fsp3) is 0.450. The lowest BCUT2D eigenvalue weighted by molar-refractivity contribution is -0.308. The maximum Gasteiger partial charge on any atom is 0.306 e. The predicted molar refractivity (Wildman–Crippen MR) is 193 cm³/mol. The minimum atomic E-state index is -1.51. The van der Waals surface area contributed by atoms with Gasteiger partial charge in [0.2, 0.25) is 6.10 Å². The summed E-state index contributed by atoms with van der Waals surface area (Å²) < 4.78 is 45.0. The molecule has 0 amide bonds. The number of ether oxygens (including phenoxy) is 8. The SMILES string of the molecule is CC(=O)OCC1OC(ON=C(C)CCC(=O)OCC2OC(C#Cc3ccccc3)C=CC2Oc2ccc(C)cc2)C(OC(C)=O)C(OC(C)=O)C1OC(C)=O. The third kappa shape index (κ3) is 13.9. The van der Waals surface area contributed by atoms with Gasteiger partial charge >= 0.3 is 29.8 Å². The molecule has 55 heavy (non-hydrogen) atoms. The smallest absolute Gasteiger partial charge is 0.306 e. The number of benzene rings is 2. The summed E-state index contributed by atoms with van der Waals surface area (Å²) in [6.45, 7) is 7.50. The van der Waals surface area contributed by atoms with Crippen LogP contribution in [0.1, 0.15) is 58.6 Å². The van der Waals surface area contributed by atoms with E-state index in [-0.39, 0.29) is 19.4 Å². The van der Waals surface area contributed by atoms with Crippen molar-refractivity contribution in [3.8, 4) is 17.6 Å². The first-order chi connectivity index (χ1) is 26.3. The molecule has 0 bridgehead atoms. The monoisotopic (exact) mass is 763 g/mol.